The highest BCUT2D eigenvalue weighted by atomic mass is 16.5. The molecular formula is C20H23N5O2. The molecule has 0 spiro atoms. The number of nitrogens with one attached hydrogen (secondary N) is 2. The van der Waals surface area contributed by atoms with Crippen molar-refractivity contribution in [3.63, 3.8) is 0 Å². The van der Waals surface area contributed by atoms with Crippen molar-refractivity contribution >= 4 is 16.9 Å². The van der Waals surface area contributed by atoms with Gasteiger partial charge in [-0.25, -0.2) is 0 Å². The third-order valence-corrected chi connectivity index (χ3v) is 4.95. The minimum absolute atomic E-state index is 0.106. The van der Waals surface area contributed by atoms with E-state index >= 15 is 0 Å². The van der Waals surface area contributed by atoms with Gasteiger partial charge in [-0.05, 0) is 30.7 Å². The van der Waals surface area contributed by atoms with E-state index in [0.29, 0.717) is 17.6 Å². The highest BCUT2D eigenvalue weighted by Gasteiger charge is 2.23. The summed E-state index contributed by atoms with van der Waals surface area (Å²) in [5.74, 6) is -0.106. The van der Waals surface area contributed by atoms with Gasteiger partial charge in [-0.3, -0.25) is 9.69 Å². The average Bonchev–Trinajstić information content (AvgIpc) is 3.17. The topological polar surface area (TPSA) is 83.1 Å². The molecule has 1 aromatic heterocycles. The van der Waals surface area contributed by atoms with E-state index in [-0.39, 0.29) is 11.9 Å². The Labute approximate surface area is 157 Å². The minimum atomic E-state index is -0.106. The fourth-order valence-electron chi connectivity index (χ4n) is 3.50. The van der Waals surface area contributed by atoms with Crippen LogP contribution in [0.15, 0.2) is 42.5 Å². The molecule has 0 radical (unpaired) electrons. The smallest absolute Gasteiger partial charge is 0.251 e. The minimum Gasteiger partial charge on any atom is -0.379 e. The summed E-state index contributed by atoms with van der Waals surface area (Å²) in [5, 5.41) is 13.7. The number of aromatic amines is 1. The number of ether oxygens (including phenoxy) is 1. The molecule has 1 amide bonds. The Balaban J connectivity index is 1.51. The molecule has 1 aliphatic heterocycles. The summed E-state index contributed by atoms with van der Waals surface area (Å²) >= 11 is 0. The van der Waals surface area contributed by atoms with E-state index < -0.39 is 0 Å². The lowest BCUT2D eigenvalue weighted by Crippen LogP contribution is -2.43. The maximum atomic E-state index is 12.7. The zero-order chi connectivity index (χ0) is 18.6. The summed E-state index contributed by atoms with van der Waals surface area (Å²) in [4.78, 5) is 15.1. The fourth-order valence-corrected chi connectivity index (χ4v) is 3.50. The molecule has 0 aliphatic carbocycles. The second-order valence-corrected chi connectivity index (χ2v) is 6.82. The van der Waals surface area contributed by atoms with Crippen molar-refractivity contribution in [2.24, 2.45) is 0 Å². The standard InChI is InChI=1S/C20H23N5O2/c1-14-3-2-4-15(11-14)19(25-7-9-27-10-8-25)13-21-20(26)16-5-6-17-18(12-16)23-24-22-17/h2-6,11-12,19H,7-10,13H2,1H3,(H,21,26)(H,22,23,24). The predicted molar refractivity (Wildman–Crippen MR) is 103 cm³/mol. The number of aryl methyl sites for hydroxylation is 1. The first-order valence-electron chi connectivity index (χ1n) is 9.18. The molecule has 0 saturated carbocycles. The number of hydrogen-bond donors (Lipinski definition) is 2. The van der Waals surface area contributed by atoms with Crippen LogP contribution in [-0.4, -0.2) is 59.1 Å². The van der Waals surface area contributed by atoms with Crippen molar-refractivity contribution < 1.29 is 9.53 Å². The third kappa shape index (κ3) is 3.99. The first-order chi connectivity index (χ1) is 13.2. The maximum Gasteiger partial charge on any atom is 0.251 e. The Morgan fingerprint density at radius 1 is 1.19 bits per heavy atom. The number of nitrogens with zero attached hydrogens (tertiary/aromatic N) is 3. The summed E-state index contributed by atoms with van der Waals surface area (Å²) < 4.78 is 5.49. The molecule has 1 saturated heterocycles. The van der Waals surface area contributed by atoms with Crippen LogP contribution in [-0.2, 0) is 4.74 Å². The van der Waals surface area contributed by atoms with Crippen LogP contribution in [0, 0.1) is 6.92 Å². The lowest BCUT2D eigenvalue weighted by molar-refractivity contribution is 0.0162. The Hall–Kier alpha value is -2.77. The van der Waals surface area contributed by atoms with Crippen LogP contribution >= 0.6 is 0 Å². The molecule has 2 N–H and O–H groups in total. The van der Waals surface area contributed by atoms with Crippen molar-refractivity contribution in [3.8, 4) is 0 Å². The van der Waals surface area contributed by atoms with Crippen molar-refractivity contribution in [1.82, 2.24) is 25.6 Å². The number of hydrogen-bond acceptors (Lipinski definition) is 5. The molecule has 2 heterocycles. The summed E-state index contributed by atoms with van der Waals surface area (Å²) in [7, 11) is 0. The number of rotatable bonds is 5. The van der Waals surface area contributed by atoms with Crippen molar-refractivity contribution in [1.29, 1.82) is 0 Å². The summed E-state index contributed by atoms with van der Waals surface area (Å²) in [6.45, 7) is 5.79. The van der Waals surface area contributed by atoms with Gasteiger partial charge in [-0.15, -0.1) is 0 Å². The van der Waals surface area contributed by atoms with Crippen molar-refractivity contribution in [2.45, 2.75) is 13.0 Å². The number of morpholine rings is 1. The quantitative estimate of drug-likeness (QED) is 0.723. The SMILES string of the molecule is Cc1cccc(C(CNC(=O)c2ccc3n[nH]nc3c2)N2CCOCC2)c1. The van der Waals surface area contributed by atoms with E-state index in [1.54, 1.807) is 18.2 Å². The average molecular weight is 365 g/mol. The molecule has 1 fully saturated rings. The van der Waals surface area contributed by atoms with E-state index in [9.17, 15) is 4.79 Å². The van der Waals surface area contributed by atoms with Crippen molar-refractivity contribution in [3.05, 3.63) is 59.2 Å². The fraction of sp³-hybridized carbons (Fsp3) is 0.350. The van der Waals surface area contributed by atoms with Gasteiger partial charge in [0, 0.05) is 25.2 Å². The second-order valence-electron chi connectivity index (χ2n) is 6.82. The number of carbonyl (C=O) groups excluding carboxylic acids is 1. The largest absolute Gasteiger partial charge is 0.379 e. The molecule has 1 unspecified atom stereocenters. The first kappa shape index (κ1) is 17.6. The molecule has 1 aliphatic rings. The van der Waals surface area contributed by atoms with Crippen LogP contribution in [0.2, 0.25) is 0 Å². The van der Waals surface area contributed by atoms with Crippen LogP contribution < -0.4 is 5.32 Å². The molecule has 2 aromatic carbocycles. The van der Waals surface area contributed by atoms with Crippen LogP contribution in [0.25, 0.3) is 11.0 Å². The first-order valence-corrected chi connectivity index (χ1v) is 9.18. The maximum absolute atomic E-state index is 12.7. The number of benzene rings is 2. The van der Waals surface area contributed by atoms with Gasteiger partial charge < -0.3 is 10.1 Å². The van der Waals surface area contributed by atoms with E-state index in [1.165, 1.54) is 11.1 Å². The van der Waals surface area contributed by atoms with E-state index in [1.807, 2.05) is 0 Å². The highest BCUT2D eigenvalue weighted by molar-refractivity contribution is 5.97. The number of fused-ring (bicyclic) bond motifs is 1. The number of carbonyl (C=O) groups is 1. The van der Waals surface area contributed by atoms with Gasteiger partial charge in [0.05, 0.1) is 19.3 Å². The predicted octanol–water partition coefficient (Wildman–Crippen LogP) is 2.07. The number of amides is 1. The second kappa shape index (κ2) is 7.85. The van der Waals surface area contributed by atoms with Crippen LogP contribution in [0.5, 0.6) is 0 Å². The molecule has 3 aromatic rings. The van der Waals surface area contributed by atoms with Crippen LogP contribution in [0.1, 0.15) is 27.5 Å². The Bertz CT molecular complexity index is 933. The lowest BCUT2D eigenvalue weighted by atomic mass is 10.0. The monoisotopic (exact) mass is 365 g/mol. The molecule has 1 atom stereocenters. The zero-order valence-corrected chi connectivity index (χ0v) is 15.3. The molecule has 140 valence electrons. The normalized spacial score (nSPS) is 16.3. The highest BCUT2D eigenvalue weighted by Crippen LogP contribution is 2.22. The molecule has 0 bridgehead atoms. The Morgan fingerprint density at radius 3 is 2.81 bits per heavy atom. The molecular weight excluding hydrogens is 342 g/mol. The number of H-pyrrole nitrogens is 1. The van der Waals surface area contributed by atoms with Gasteiger partial charge in [0.15, 0.2) is 0 Å². The van der Waals surface area contributed by atoms with Gasteiger partial charge in [0.2, 0.25) is 0 Å². The van der Waals surface area contributed by atoms with Gasteiger partial charge >= 0.3 is 0 Å². The zero-order valence-electron chi connectivity index (χ0n) is 15.3. The van der Waals surface area contributed by atoms with E-state index in [2.05, 4.69) is 56.8 Å². The van der Waals surface area contributed by atoms with E-state index in [0.717, 1.165) is 31.8 Å². The van der Waals surface area contributed by atoms with Gasteiger partial charge in [0.25, 0.3) is 5.91 Å². The van der Waals surface area contributed by atoms with Crippen molar-refractivity contribution in [2.75, 3.05) is 32.8 Å². The molecule has 7 heteroatoms. The molecule has 7 nitrogen and oxygen atoms in total. The Morgan fingerprint density at radius 2 is 2.00 bits per heavy atom. The summed E-state index contributed by atoms with van der Waals surface area (Å²) in [6.07, 6.45) is 0. The lowest BCUT2D eigenvalue weighted by Gasteiger charge is -2.35. The Kier molecular flexibility index (Phi) is 5.13. The van der Waals surface area contributed by atoms with Crippen LogP contribution in [0.4, 0.5) is 0 Å². The van der Waals surface area contributed by atoms with E-state index in [4.69, 9.17) is 4.74 Å². The molecule has 4 rings (SSSR count). The molecule has 27 heavy (non-hydrogen) atoms. The summed E-state index contributed by atoms with van der Waals surface area (Å²) in [6, 6.07) is 13.9. The summed E-state index contributed by atoms with van der Waals surface area (Å²) in [5.41, 5.74) is 4.45. The van der Waals surface area contributed by atoms with Gasteiger partial charge in [-0.1, -0.05) is 29.8 Å². The van der Waals surface area contributed by atoms with Crippen LogP contribution in [0.3, 0.4) is 0 Å². The van der Waals surface area contributed by atoms with Gasteiger partial charge in [-0.2, -0.15) is 15.4 Å². The van der Waals surface area contributed by atoms with Gasteiger partial charge in [0.1, 0.15) is 11.0 Å². The number of aromatic nitrogens is 3. The third-order valence-electron chi connectivity index (χ3n) is 4.95.